The average Bonchev–Trinajstić information content (AvgIpc) is 3.23. The summed E-state index contributed by atoms with van der Waals surface area (Å²) in [5, 5.41) is 4.33. The van der Waals surface area contributed by atoms with Crippen LogP contribution in [0.1, 0.15) is 46.7 Å². The van der Waals surface area contributed by atoms with Gasteiger partial charge in [0.1, 0.15) is 18.3 Å². The largest absolute Gasteiger partial charge is 0.460 e. The number of Topliss-reactive ketones (excluding diaryl/α,β-unsaturated/α-hetero) is 1. The summed E-state index contributed by atoms with van der Waals surface area (Å²) in [5.74, 6) is -2.71. The molecule has 34 heavy (non-hydrogen) atoms. The van der Waals surface area contributed by atoms with Crippen LogP contribution in [0.4, 0.5) is 4.39 Å². The minimum atomic E-state index is -1.52. The molecule has 2 atom stereocenters. The van der Waals surface area contributed by atoms with E-state index in [0.717, 1.165) is 10.8 Å². The first-order valence-corrected chi connectivity index (χ1v) is 11.1. The number of ether oxygens (including phenoxy) is 1. The Morgan fingerprint density at radius 2 is 1.91 bits per heavy atom. The van der Waals surface area contributed by atoms with Gasteiger partial charge in [0, 0.05) is 11.6 Å². The van der Waals surface area contributed by atoms with Crippen LogP contribution in [-0.4, -0.2) is 46.6 Å². The lowest BCUT2D eigenvalue weighted by atomic mass is 9.87. The van der Waals surface area contributed by atoms with Crippen LogP contribution in [0, 0.1) is 5.92 Å². The zero-order valence-electron chi connectivity index (χ0n) is 20.0. The molecule has 0 unspecified atom stereocenters. The molecule has 1 amide bonds. The molecule has 1 aromatic carbocycles. The second-order valence-electron chi connectivity index (χ2n) is 9.51. The maximum absolute atomic E-state index is 13.4. The van der Waals surface area contributed by atoms with Gasteiger partial charge in [-0.1, -0.05) is 38.1 Å². The third-order valence-electron chi connectivity index (χ3n) is 5.45. The van der Waals surface area contributed by atoms with E-state index < -0.39 is 48.0 Å². The maximum Gasteiger partial charge on any atom is 0.308 e. The van der Waals surface area contributed by atoms with Gasteiger partial charge in [0.05, 0.1) is 17.8 Å². The van der Waals surface area contributed by atoms with Crippen LogP contribution in [0.3, 0.4) is 0 Å². The number of nitrogens with one attached hydrogen (secondary N) is 2. The number of carbonyl (C=O) groups is 3. The predicted octanol–water partition coefficient (Wildman–Crippen LogP) is 3.26. The number of aromatic nitrogens is 1. The first-order valence-electron chi connectivity index (χ1n) is 11.1. The number of nitrogens with zero attached hydrogens (tertiary/aromatic N) is 1. The van der Waals surface area contributed by atoms with Crippen LogP contribution in [0.2, 0.25) is 0 Å². The average molecular weight is 472 g/mol. The fourth-order valence-electron chi connectivity index (χ4n) is 3.68. The zero-order chi connectivity index (χ0) is 25.1. The van der Waals surface area contributed by atoms with Gasteiger partial charge in [-0.15, -0.1) is 0 Å². The molecule has 0 spiro atoms. The van der Waals surface area contributed by atoms with Gasteiger partial charge in [-0.3, -0.25) is 29.7 Å². The van der Waals surface area contributed by atoms with Crippen LogP contribution in [0.25, 0.3) is 16.5 Å². The van der Waals surface area contributed by atoms with Gasteiger partial charge in [0.15, 0.2) is 11.4 Å². The van der Waals surface area contributed by atoms with Gasteiger partial charge in [-0.2, -0.15) is 0 Å². The molecule has 3 rings (SSSR count). The number of hydrogen-bond acceptors (Lipinski definition) is 7. The van der Waals surface area contributed by atoms with Crippen molar-refractivity contribution in [2.45, 2.75) is 58.3 Å². The number of carbonyl (C=O) groups excluding carboxylic acids is 3. The number of alkyl halides is 1. The standard InChI is InChI=1S/C25H30FN3O5/c1-15(2)25(23(32)28-18(20(30)14-26)12-21(31)33-24(3,4)5)13-19(29-34-25)22-17-9-7-6-8-16(17)10-11-27-22/h6-11,13,15,18,29H,12,14H2,1-5H3,(H,28,32)/t18-,25-/m1/s1. The summed E-state index contributed by atoms with van der Waals surface area (Å²) in [6.07, 6.45) is 2.77. The zero-order valence-corrected chi connectivity index (χ0v) is 20.0. The molecule has 2 heterocycles. The van der Waals surface area contributed by atoms with E-state index in [2.05, 4.69) is 15.8 Å². The molecule has 0 saturated carbocycles. The van der Waals surface area contributed by atoms with E-state index >= 15 is 0 Å². The van der Waals surface area contributed by atoms with Crippen LogP contribution in [0.5, 0.6) is 0 Å². The quantitative estimate of drug-likeness (QED) is 0.569. The van der Waals surface area contributed by atoms with Crippen LogP contribution < -0.4 is 10.8 Å². The Morgan fingerprint density at radius 3 is 2.56 bits per heavy atom. The first kappa shape index (κ1) is 25.3. The lowest BCUT2D eigenvalue weighted by Gasteiger charge is -2.30. The monoisotopic (exact) mass is 471 g/mol. The van der Waals surface area contributed by atoms with E-state index in [1.807, 2.05) is 30.3 Å². The van der Waals surface area contributed by atoms with Gasteiger partial charge in [0.2, 0.25) is 0 Å². The molecule has 1 aliphatic heterocycles. The van der Waals surface area contributed by atoms with Gasteiger partial charge >= 0.3 is 5.97 Å². The van der Waals surface area contributed by atoms with E-state index in [-0.39, 0.29) is 5.92 Å². The molecule has 9 heteroatoms. The SMILES string of the molecule is CC(C)[C@@]1(C(=O)N[C@H](CC(=O)OC(C)(C)C)C(=O)CF)C=C(c2nccc3ccccc23)NO1. The van der Waals surface area contributed by atoms with Crippen molar-refractivity contribution in [3.05, 3.63) is 48.3 Å². The van der Waals surface area contributed by atoms with Crippen molar-refractivity contribution >= 4 is 34.1 Å². The Bertz CT molecular complexity index is 1120. The molecule has 0 aliphatic carbocycles. The number of hydroxylamine groups is 1. The number of amides is 1. The van der Waals surface area contributed by atoms with Crippen molar-refractivity contribution in [2.24, 2.45) is 5.92 Å². The molecule has 182 valence electrons. The number of esters is 1. The molecule has 2 aromatic rings. The summed E-state index contributed by atoms with van der Waals surface area (Å²) in [6, 6.07) is 8.14. The van der Waals surface area contributed by atoms with E-state index in [9.17, 15) is 18.8 Å². The molecular formula is C25H30FN3O5. The van der Waals surface area contributed by atoms with Gasteiger partial charge < -0.3 is 10.1 Å². The molecule has 1 aromatic heterocycles. The lowest BCUT2D eigenvalue weighted by Crippen LogP contribution is -2.55. The second kappa shape index (κ2) is 9.89. The fourth-order valence-corrected chi connectivity index (χ4v) is 3.68. The fraction of sp³-hybridized carbons (Fsp3) is 0.440. The van der Waals surface area contributed by atoms with E-state index in [4.69, 9.17) is 9.57 Å². The normalized spacial score (nSPS) is 18.9. The second-order valence-corrected chi connectivity index (χ2v) is 9.51. The van der Waals surface area contributed by atoms with Crippen LogP contribution >= 0.6 is 0 Å². The molecule has 0 saturated heterocycles. The summed E-state index contributed by atoms with van der Waals surface area (Å²) in [5.41, 5.74) is 1.57. The van der Waals surface area contributed by atoms with Crippen molar-refractivity contribution < 1.29 is 28.3 Å². The lowest BCUT2D eigenvalue weighted by molar-refractivity contribution is -0.158. The number of hydrogen-bond donors (Lipinski definition) is 2. The first-order chi connectivity index (χ1) is 16.0. The molecule has 0 radical (unpaired) electrons. The maximum atomic E-state index is 13.4. The summed E-state index contributed by atoms with van der Waals surface area (Å²) in [4.78, 5) is 48.0. The van der Waals surface area contributed by atoms with E-state index in [1.54, 1.807) is 46.9 Å². The summed E-state index contributed by atoms with van der Waals surface area (Å²) in [7, 11) is 0. The van der Waals surface area contributed by atoms with Gasteiger partial charge in [-0.05, 0) is 44.2 Å². The Hall–Kier alpha value is -3.33. The number of halogens is 1. The van der Waals surface area contributed by atoms with Crippen LogP contribution in [-0.2, 0) is 24.0 Å². The molecule has 8 nitrogen and oxygen atoms in total. The molecule has 2 N–H and O–H groups in total. The Labute approximate surface area is 197 Å². The van der Waals surface area contributed by atoms with Crippen molar-refractivity contribution in [3.8, 4) is 0 Å². The van der Waals surface area contributed by atoms with E-state index in [1.165, 1.54) is 0 Å². The smallest absolute Gasteiger partial charge is 0.308 e. The summed E-state index contributed by atoms with van der Waals surface area (Å²) < 4.78 is 18.5. The van der Waals surface area contributed by atoms with E-state index in [0.29, 0.717) is 11.4 Å². The number of ketones is 1. The molecule has 0 bridgehead atoms. The number of pyridine rings is 1. The summed E-state index contributed by atoms with van der Waals surface area (Å²) >= 11 is 0. The minimum Gasteiger partial charge on any atom is -0.460 e. The van der Waals surface area contributed by atoms with Gasteiger partial charge in [0.25, 0.3) is 5.91 Å². The number of fused-ring (bicyclic) bond motifs is 1. The highest BCUT2D eigenvalue weighted by Crippen LogP contribution is 2.34. The summed E-state index contributed by atoms with van der Waals surface area (Å²) in [6.45, 7) is 7.25. The van der Waals surface area contributed by atoms with Crippen molar-refractivity contribution in [1.82, 2.24) is 15.8 Å². The topological polar surface area (TPSA) is 107 Å². The van der Waals surface area contributed by atoms with Crippen LogP contribution in [0.15, 0.2) is 42.6 Å². The minimum absolute atomic E-state index is 0.380. The van der Waals surface area contributed by atoms with Crippen molar-refractivity contribution in [1.29, 1.82) is 0 Å². The molecular weight excluding hydrogens is 441 g/mol. The van der Waals surface area contributed by atoms with Crippen molar-refractivity contribution in [3.63, 3.8) is 0 Å². The Balaban J connectivity index is 1.90. The highest BCUT2D eigenvalue weighted by molar-refractivity contribution is 5.98. The highest BCUT2D eigenvalue weighted by Gasteiger charge is 2.47. The third kappa shape index (κ3) is 5.41. The molecule has 0 fully saturated rings. The molecule has 1 aliphatic rings. The number of benzene rings is 1. The highest BCUT2D eigenvalue weighted by atomic mass is 19.1. The third-order valence-corrected chi connectivity index (χ3v) is 5.45. The number of rotatable bonds is 8. The van der Waals surface area contributed by atoms with Gasteiger partial charge in [-0.25, -0.2) is 4.39 Å². The Morgan fingerprint density at radius 1 is 1.21 bits per heavy atom. The Kier molecular flexibility index (Phi) is 7.35. The predicted molar refractivity (Wildman–Crippen MR) is 125 cm³/mol. The van der Waals surface area contributed by atoms with Crippen molar-refractivity contribution in [2.75, 3.05) is 6.67 Å².